The van der Waals surface area contributed by atoms with E-state index < -0.39 is 40.5 Å². The second kappa shape index (κ2) is 14.5. The molecule has 5 heterocycles. The van der Waals surface area contributed by atoms with E-state index in [0.29, 0.717) is 61.4 Å². The lowest BCUT2D eigenvalue weighted by Gasteiger charge is -2.63. The maximum Gasteiger partial charge on any atom is 0.270 e. The normalized spacial score (nSPS) is 23.4. The molecule has 2 aromatic carbocycles. The number of ether oxygens (including phenoxy) is 1. The first-order valence-electron chi connectivity index (χ1n) is 19.3. The topological polar surface area (TPSA) is 166 Å². The van der Waals surface area contributed by atoms with Gasteiger partial charge in [-0.05, 0) is 53.9 Å². The van der Waals surface area contributed by atoms with E-state index >= 15 is 0 Å². The molecule has 1 aliphatic carbocycles. The van der Waals surface area contributed by atoms with Crippen LogP contribution in [0.5, 0.6) is 5.75 Å². The van der Waals surface area contributed by atoms with Gasteiger partial charge in [0.25, 0.3) is 17.7 Å². The van der Waals surface area contributed by atoms with Crippen molar-refractivity contribution in [2.75, 3.05) is 37.6 Å². The quantitative estimate of drug-likeness (QED) is 0.252. The summed E-state index contributed by atoms with van der Waals surface area (Å²) in [6.45, 7) is 18.9. The van der Waals surface area contributed by atoms with E-state index in [1.807, 2.05) is 6.07 Å². The Labute approximate surface area is 340 Å². The smallest absolute Gasteiger partial charge is 0.270 e. The van der Waals surface area contributed by atoms with E-state index in [-0.39, 0.29) is 54.5 Å². The molecule has 3 fully saturated rings. The van der Waals surface area contributed by atoms with Crippen molar-refractivity contribution in [1.82, 2.24) is 30.3 Å². The number of hydrogen-bond donors (Lipinski definition) is 2. The molecular formula is C42H43ClN8O7. The lowest BCUT2D eigenvalue weighted by molar-refractivity contribution is -0.164. The van der Waals surface area contributed by atoms with Gasteiger partial charge in [0.15, 0.2) is 0 Å². The van der Waals surface area contributed by atoms with Crippen LogP contribution >= 0.6 is 11.6 Å². The zero-order chi connectivity index (χ0) is 41.3. The van der Waals surface area contributed by atoms with Crippen LogP contribution in [0.4, 0.5) is 11.4 Å². The molecule has 16 heteroatoms. The van der Waals surface area contributed by atoms with Crippen molar-refractivity contribution in [3.8, 4) is 5.75 Å². The van der Waals surface area contributed by atoms with Crippen molar-refractivity contribution in [3.05, 3.63) is 93.0 Å². The molecule has 1 saturated carbocycles. The largest absolute Gasteiger partial charge is 0.489 e. The number of pyridine rings is 1. The van der Waals surface area contributed by atoms with Crippen molar-refractivity contribution >= 4 is 58.4 Å². The summed E-state index contributed by atoms with van der Waals surface area (Å²) in [5.41, 5.74) is 2.73. The molecule has 58 heavy (non-hydrogen) atoms. The molecule has 5 aliphatic rings. The Balaban J connectivity index is 0.815. The van der Waals surface area contributed by atoms with E-state index in [1.165, 1.54) is 0 Å². The first-order chi connectivity index (χ1) is 27.6. The summed E-state index contributed by atoms with van der Waals surface area (Å²) >= 11 is 6.24. The van der Waals surface area contributed by atoms with Crippen LogP contribution in [0.2, 0.25) is 5.02 Å². The van der Waals surface area contributed by atoms with Gasteiger partial charge in [0.2, 0.25) is 23.4 Å². The van der Waals surface area contributed by atoms with Gasteiger partial charge in [0.05, 0.1) is 41.2 Å². The number of carbonyl (C=O) groups is 6. The van der Waals surface area contributed by atoms with Crippen molar-refractivity contribution < 1.29 is 33.5 Å². The number of hydrogen-bond acceptors (Lipinski definition) is 10. The van der Waals surface area contributed by atoms with Crippen LogP contribution < -0.4 is 20.3 Å². The number of nitrogens with one attached hydrogen (secondary N) is 2. The van der Waals surface area contributed by atoms with Gasteiger partial charge in [-0.2, -0.15) is 0 Å². The molecule has 8 rings (SSSR count). The Morgan fingerprint density at radius 2 is 1.60 bits per heavy atom. The summed E-state index contributed by atoms with van der Waals surface area (Å²) in [6, 6.07) is 10.7. The number of imide groups is 2. The number of piperidine rings is 1. The fraction of sp³-hybridized carbons (Fsp3) is 0.429. The number of aromatic nitrogens is 1. The predicted octanol–water partition coefficient (Wildman–Crippen LogP) is 3.96. The van der Waals surface area contributed by atoms with Crippen LogP contribution in [0.1, 0.15) is 82.9 Å². The number of carbonyl (C=O) groups excluding carboxylic acids is 6. The van der Waals surface area contributed by atoms with E-state index in [0.717, 1.165) is 21.7 Å². The molecule has 1 aromatic heterocycles. The molecule has 300 valence electrons. The van der Waals surface area contributed by atoms with Crippen LogP contribution in [-0.4, -0.2) is 106 Å². The van der Waals surface area contributed by atoms with Gasteiger partial charge in [-0.25, -0.2) is 9.83 Å². The third-order valence-electron chi connectivity index (χ3n) is 12.3. The van der Waals surface area contributed by atoms with E-state index in [9.17, 15) is 28.8 Å². The van der Waals surface area contributed by atoms with E-state index in [1.54, 1.807) is 47.5 Å². The summed E-state index contributed by atoms with van der Waals surface area (Å²) in [4.78, 5) is 92.3. The highest BCUT2D eigenvalue weighted by Crippen LogP contribution is 2.55. The summed E-state index contributed by atoms with van der Waals surface area (Å²) in [5, 5.41) is 5.72. The summed E-state index contributed by atoms with van der Waals surface area (Å²) in [5.74, 6) is -1.97. The maximum atomic E-state index is 13.4. The van der Waals surface area contributed by atoms with Crippen LogP contribution in [0.15, 0.2) is 48.7 Å². The van der Waals surface area contributed by atoms with Gasteiger partial charge in [-0.15, -0.1) is 0 Å². The number of nitrogens with zero attached hydrogens (tertiary/aromatic N) is 6. The zero-order valence-corrected chi connectivity index (χ0v) is 33.4. The number of benzene rings is 2. The van der Waals surface area contributed by atoms with Gasteiger partial charge in [0, 0.05) is 62.6 Å². The number of amides is 6. The van der Waals surface area contributed by atoms with Gasteiger partial charge in [-0.3, -0.25) is 43.9 Å². The molecular weight excluding hydrogens is 764 g/mol. The molecule has 2 saturated heterocycles. The molecule has 1 atom stereocenters. The minimum atomic E-state index is -1.03. The van der Waals surface area contributed by atoms with Crippen molar-refractivity contribution in [2.24, 2.45) is 10.8 Å². The lowest BCUT2D eigenvalue weighted by Crippen LogP contribution is -2.74. The second-order valence-corrected chi connectivity index (χ2v) is 17.2. The van der Waals surface area contributed by atoms with E-state index in [4.69, 9.17) is 22.9 Å². The predicted molar refractivity (Wildman–Crippen MR) is 211 cm³/mol. The molecule has 15 nitrogen and oxygen atoms in total. The minimum absolute atomic E-state index is 0.0512. The molecule has 0 bridgehead atoms. The van der Waals surface area contributed by atoms with Gasteiger partial charge in [-0.1, -0.05) is 45.4 Å². The van der Waals surface area contributed by atoms with Gasteiger partial charge < -0.3 is 19.9 Å². The van der Waals surface area contributed by atoms with Crippen molar-refractivity contribution in [1.29, 1.82) is 0 Å². The number of anilines is 1. The third-order valence-corrected chi connectivity index (χ3v) is 12.6. The summed E-state index contributed by atoms with van der Waals surface area (Å²) in [6.07, 6.45) is 1.62. The van der Waals surface area contributed by atoms with Crippen molar-refractivity contribution in [2.45, 2.75) is 71.8 Å². The Morgan fingerprint density at radius 1 is 0.948 bits per heavy atom. The number of rotatable bonds is 8. The maximum absolute atomic E-state index is 13.4. The molecule has 3 aromatic rings. The molecule has 6 amide bonds. The highest BCUT2D eigenvalue weighted by Gasteiger charge is 2.64. The Bertz CT molecular complexity index is 2250. The lowest BCUT2D eigenvalue weighted by atomic mass is 9.49. The molecule has 0 radical (unpaired) electrons. The van der Waals surface area contributed by atoms with Gasteiger partial charge >= 0.3 is 0 Å². The summed E-state index contributed by atoms with van der Waals surface area (Å²) < 4.78 is 6.35. The highest BCUT2D eigenvalue weighted by molar-refractivity contribution is 6.33. The third kappa shape index (κ3) is 6.73. The average Bonchev–Trinajstić information content (AvgIpc) is 3.72. The Hall–Kier alpha value is -5.85. The fourth-order valence-corrected chi connectivity index (χ4v) is 9.71. The van der Waals surface area contributed by atoms with Crippen LogP contribution in [0, 0.1) is 17.4 Å². The Kier molecular flexibility index (Phi) is 9.76. The number of halogens is 1. The van der Waals surface area contributed by atoms with Crippen LogP contribution in [0.25, 0.3) is 4.85 Å². The minimum Gasteiger partial charge on any atom is -0.489 e. The van der Waals surface area contributed by atoms with Crippen LogP contribution in [-0.2, 0) is 27.5 Å². The standard InChI is InChI=1S/C42H43ClN8O7/c1-41(2)39(42(3,4)40(41)58-26-7-9-30(44-5)29(43)18-26)47-35(54)31-8-6-25(19-45-31)49-14-12-48(13-15-49)22-34(53)50-20-23-16-27-28(17-24(23)21-50)38(57)51(37(27)56)32-10-11-33(52)46-36(32)55/h6-9,16-19,32,39-40H,10-15,20-22H2,1-4H3,(H,47,54)(H,46,52,55). The molecule has 4 aliphatic heterocycles. The zero-order valence-electron chi connectivity index (χ0n) is 32.6. The summed E-state index contributed by atoms with van der Waals surface area (Å²) in [7, 11) is 0. The number of fused-ring (bicyclic) bond motifs is 2. The van der Waals surface area contributed by atoms with Crippen molar-refractivity contribution in [3.63, 3.8) is 0 Å². The first kappa shape index (κ1) is 39.0. The first-order valence-corrected chi connectivity index (χ1v) is 19.7. The second-order valence-electron chi connectivity index (χ2n) is 16.8. The van der Waals surface area contributed by atoms with E-state index in [2.05, 4.69) is 58.0 Å². The molecule has 1 unspecified atom stereocenters. The van der Waals surface area contributed by atoms with Crippen LogP contribution in [0.3, 0.4) is 0 Å². The van der Waals surface area contributed by atoms with Gasteiger partial charge in [0.1, 0.15) is 23.6 Å². The fourth-order valence-electron chi connectivity index (χ4n) is 9.50. The Morgan fingerprint density at radius 3 is 2.17 bits per heavy atom. The SMILES string of the molecule is [C-]#[N+]c1ccc(OC2C(C)(C)C(NC(=O)c3ccc(N4CCN(CC(=O)N5Cc6cc7c(cc6C5)C(=O)N(C5CCC(=O)NC5=O)C7=O)CC4)cn3)C2(C)C)cc1Cl. The highest BCUT2D eigenvalue weighted by atomic mass is 35.5. The monoisotopic (exact) mass is 806 g/mol. The number of piperazine rings is 1. The average molecular weight is 807 g/mol. The molecule has 0 spiro atoms. The molecule has 2 N–H and O–H groups in total.